The Bertz CT molecular complexity index is 418. The fourth-order valence-corrected chi connectivity index (χ4v) is 1.57. The maximum absolute atomic E-state index is 10.5. The molecule has 6 nitrogen and oxygen atoms in total. The Hall–Kier alpha value is -2.11. The first-order valence-corrected chi connectivity index (χ1v) is 5.00. The first-order valence-electron chi connectivity index (χ1n) is 5.00. The maximum Gasteiger partial charge on any atom is 0.211 e. The first kappa shape index (κ1) is 13.0. The minimum absolute atomic E-state index is 0.0484. The van der Waals surface area contributed by atoms with Crippen LogP contribution in [0, 0.1) is 10.1 Å². The van der Waals surface area contributed by atoms with Gasteiger partial charge in [-0.15, -0.1) is 0 Å². The highest BCUT2D eigenvalue weighted by Crippen LogP contribution is 2.30. The summed E-state index contributed by atoms with van der Waals surface area (Å²) in [5.41, 5.74) is 0.548. The molecule has 0 amide bonds. The summed E-state index contributed by atoms with van der Waals surface area (Å²) >= 11 is 0. The zero-order chi connectivity index (χ0) is 12.8. The molecule has 0 saturated heterocycles. The van der Waals surface area contributed by atoms with Gasteiger partial charge in [-0.05, 0) is 17.7 Å². The van der Waals surface area contributed by atoms with Crippen molar-refractivity contribution in [3.8, 4) is 11.5 Å². The van der Waals surface area contributed by atoms with Crippen LogP contribution in [-0.4, -0.2) is 30.0 Å². The fourth-order valence-electron chi connectivity index (χ4n) is 1.57. The zero-order valence-corrected chi connectivity index (χ0v) is 9.33. The van der Waals surface area contributed by atoms with Gasteiger partial charge in [0.05, 0.1) is 13.0 Å². The van der Waals surface area contributed by atoms with Gasteiger partial charge >= 0.3 is 0 Å². The molecule has 0 saturated carbocycles. The number of nitrogens with zero attached hydrogens (tertiary/aromatic N) is 1. The molecule has 0 aliphatic carbocycles. The number of aldehydes is 1. The molecule has 0 aliphatic heterocycles. The van der Waals surface area contributed by atoms with E-state index in [0.29, 0.717) is 17.6 Å². The minimum atomic E-state index is -0.528. The number of phenolic OH excluding ortho intramolecular Hbond substituents is 1. The van der Waals surface area contributed by atoms with Crippen molar-refractivity contribution < 1.29 is 19.6 Å². The first-order chi connectivity index (χ1) is 8.08. The second-order valence-electron chi connectivity index (χ2n) is 3.55. The van der Waals surface area contributed by atoms with Crippen molar-refractivity contribution in [2.24, 2.45) is 0 Å². The van der Waals surface area contributed by atoms with E-state index in [4.69, 9.17) is 4.74 Å². The molecule has 1 aromatic rings. The van der Waals surface area contributed by atoms with E-state index in [2.05, 4.69) is 0 Å². The Morgan fingerprint density at radius 2 is 2.29 bits per heavy atom. The lowest BCUT2D eigenvalue weighted by Gasteiger charge is -2.11. The van der Waals surface area contributed by atoms with E-state index >= 15 is 0 Å². The highest BCUT2D eigenvalue weighted by atomic mass is 16.6. The number of hydrogen-bond donors (Lipinski definition) is 1. The Labute approximate surface area is 98.0 Å². The van der Waals surface area contributed by atoms with E-state index in [1.165, 1.54) is 19.2 Å². The van der Waals surface area contributed by atoms with Gasteiger partial charge in [0.25, 0.3) is 0 Å². The van der Waals surface area contributed by atoms with Crippen LogP contribution in [0.3, 0.4) is 0 Å². The molecule has 0 fully saturated rings. The molecule has 0 heterocycles. The summed E-state index contributed by atoms with van der Waals surface area (Å²) in [6.07, 6.45) is 0.683. The molecule has 0 bridgehead atoms. The molecular formula is C11H13NO5. The second-order valence-corrected chi connectivity index (χ2v) is 3.55. The summed E-state index contributed by atoms with van der Waals surface area (Å²) in [6.45, 7) is -0.343. The number of phenols is 1. The molecular weight excluding hydrogens is 226 g/mol. The lowest BCUT2D eigenvalue weighted by Crippen LogP contribution is -2.13. The van der Waals surface area contributed by atoms with Crippen LogP contribution in [-0.2, 0) is 4.79 Å². The number of carbonyl (C=O) groups is 1. The standard InChI is InChI=1S/C11H13NO5/c1-17-11-3-2-8(6-10(11)14)9(4-5-13)7-12(15)16/h2-3,5-6,9,14H,4,7H2,1H3. The van der Waals surface area contributed by atoms with E-state index in [9.17, 15) is 20.0 Å². The molecule has 0 aliphatic rings. The van der Waals surface area contributed by atoms with Crippen LogP contribution >= 0.6 is 0 Å². The summed E-state index contributed by atoms with van der Waals surface area (Å²) in [4.78, 5) is 20.5. The molecule has 1 aromatic carbocycles. The maximum atomic E-state index is 10.5. The van der Waals surface area contributed by atoms with E-state index in [0.717, 1.165) is 0 Å². The van der Waals surface area contributed by atoms with Gasteiger partial charge in [-0.1, -0.05) is 6.07 Å². The van der Waals surface area contributed by atoms with Crippen LogP contribution in [0.1, 0.15) is 17.9 Å². The van der Waals surface area contributed by atoms with Crippen LogP contribution in [0.25, 0.3) is 0 Å². The van der Waals surface area contributed by atoms with Gasteiger partial charge in [0.1, 0.15) is 6.29 Å². The summed E-state index contributed by atoms with van der Waals surface area (Å²) in [5, 5.41) is 20.0. The fraction of sp³-hybridized carbons (Fsp3) is 0.364. The van der Waals surface area contributed by atoms with E-state index in [1.807, 2.05) is 0 Å². The van der Waals surface area contributed by atoms with Gasteiger partial charge in [-0.25, -0.2) is 0 Å². The summed E-state index contributed by atoms with van der Waals surface area (Å²) in [6, 6.07) is 4.51. The number of nitro groups is 1. The normalized spacial score (nSPS) is 11.8. The van der Waals surface area contributed by atoms with Gasteiger partial charge < -0.3 is 14.6 Å². The van der Waals surface area contributed by atoms with Crippen molar-refractivity contribution in [1.82, 2.24) is 0 Å². The van der Waals surface area contributed by atoms with E-state index in [-0.39, 0.29) is 18.7 Å². The van der Waals surface area contributed by atoms with Crippen molar-refractivity contribution in [2.45, 2.75) is 12.3 Å². The lowest BCUT2D eigenvalue weighted by atomic mass is 9.96. The molecule has 0 spiro atoms. The summed E-state index contributed by atoms with van der Waals surface area (Å²) < 4.78 is 4.87. The Kier molecular flexibility index (Phi) is 4.45. The smallest absolute Gasteiger partial charge is 0.211 e. The van der Waals surface area contributed by atoms with E-state index < -0.39 is 10.8 Å². The molecule has 1 atom stereocenters. The van der Waals surface area contributed by atoms with Crippen LogP contribution in [0.4, 0.5) is 0 Å². The predicted molar refractivity (Wildman–Crippen MR) is 59.9 cm³/mol. The molecule has 1 unspecified atom stereocenters. The molecule has 17 heavy (non-hydrogen) atoms. The number of benzene rings is 1. The van der Waals surface area contributed by atoms with Gasteiger partial charge in [-0.2, -0.15) is 0 Å². The van der Waals surface area contributed by atoms with Crippen molar-refractivity contribution in [1.29, 1.82) is 0 Å². The van der Waals surface area contributed by atoms with Gasteiger partial charge in [-0.3, -0.25) is 10.1 Å². The Balaban J connectivity index is 2.97. The average molecular weight is 239 g/mol. The number of rotatable bonds is 6. The number of carbonyl (C=O) groups excluding carboxylic acids is 1. The van der Waals surface area contributed by atoms with Gasteiger partial charge in [0, 0.05) is 11.3 Å². The zero-order valence-electron chi connectivity index (χ0n) is 9.33. The second kappa shape index (κ2) is 5.83. The number of hydrogen-bond acceptors (Lipinski definition) is 5. The van der Waals surface area contributed by atoms with Gasteiger partial charge in [0.2, 0.25) is 6.54 Å². The average Bonchev–Trinajstić information content (AvgIpc) is 2.28. The molecule has 0 aromatic heterocycles. The molecule has 92 valence electrons. The van der Waals surface area contributed by atoms with E-state index in [1.54, 1.807) is 6.07 Å². The highest BCUT2D eigenvalue weighted by molar-refractivity contribution is 5.52. The third-order valence-corrected chi connectivity index (χ3v) is 2.42. The molecule has 1 rings (SSSR count). The van der Waals surface area contributed by atoms with Crippen LogP contribution in [0.15, 0.2) is 18.2 Å². The summed E-state index contributed by atoms with van der Waals surface area (Å²) in [5.74, 6) is -0.330. The number of aromatic hydroxyl groups is 1. The monoisotopic (exact) mass is 239 g/mol. The quantitative estimate of drug-likeness (QED) is 0.459. The predicted octanol–water partition coefficient (Wildman–Crippen LogP) is 1.35. The third kappa shape index (κ3) is 3.44. The minimum Gasteiger partial charge on any atom is -0.504 e. The Morgan fingerprint density at radius 1 is 1.59 bits per heavy atom. The number of methoxy groups -OCH3 is 1. The molecule has 1 N–H and O–H groups in total. The SMILES string of the molecule is COc1ccc(C(CC=O)C[N+](=O)[O-])cc1O. The summed E-state index contributed by atoms with van der Waals surface area (Å²) in [7, 11) is 1.41. The lowest BCUT2D eigenvalue weighted by molar-refractivity contribution is -0.483. The van der Waals surface area contributed by atoms with Crippen molar-refractivity contribution >= 4 is 6.29 Å². The number of ether oxygens (including phenoxy) is 1. The van der Waals surface area contributed by atoms with Crippen molar-refractivity contribution in [2.75, 3.05) is 13.7 Å². The largest absolute Gasteiger partial charge is 0.504 e. The molecule has 6 heteroatoms. The Morgan fingerprint density at radius 3 is 2.76 bits per heavy atom. The highest BCUT2D eigenvalue weighted by Gasteiger charge is 2.18. The van der Waals surface area contributed by atoms with Crippen molar-refractivity contribution in [3.05, 3.63) is 33.9 Å². The van der Waals surface area contributed by atoms with Crippen LogP contribution < -0.4 is 4.74 Å². The molecule has 0 radical (unpaired) electrons. The van der Waals surface area contributed by atoms with Gasteiger partial charge in [0.15, 0.2) is 11.5 Å². The topological polar surface area (TPSA) is 89.7 Å². The van der Waals surface area contributed by atoms with Crippen LogP contribution in [0.5, 0.6) is 11.5 Å². The van der Waals surface area contributed by atoms with Crippen LogP contribution in [0.2, 0.25) is 0 Å². The third-order valence-electron chi connectivity index (χ3n) is 2.42. The van der Waals surface area contributed by atoms with Crippen molar-refractivity contribution in [3.63, 3.8) is 0 Å².